The van der Waals surface area contributed by atoms with Gasteiger partial charge in [-0.2, -0.15) is 0 Å². The Hall–Kier alpha value is -2.55. The van der Waals surface area contributed by atoms with Crippen LogP contribution in [0.5, 0.6) is 5.75 Å². The summed E-state index contributed by atoms with van der Waals surface area (Å²) in [5.41, 5.74) is 2.00. The summed E-state index contributed by atoms with van der Waals surface area (Å²) in [7, 11) is 0. The van der Waals surface area contributed by atoms with Crippen molar-refractivity contribution in [2.24, 2.45) is 0 Å². The highest BCUT2D eigenvalue weighted by Gasteiger charge is 2.02. The molecule has 2 aromatic carbocycles. The topological polar surface area (TPSA) is 49.4 Å². The molecule has 0 spiro atoms. The molecule has 0 aromatic heterocycles. The third-order valence-electron chi connectivity index (χ3n) is 2.89. The molecule has 0 heterocycles. The molecule has 0 saturated heterocycles. The Balaban J connectivity index is 2.10. The summed E-state index contributed by atoms with van der Waals surface area (Å²) in [6.45, 7) is 4.03. The van der Waals surface area contributed by atoms with Crippen LogP contribution in [0.25, 0.3) is 0 Å². The average Bonchev–Trinajstić information content (AvgIpc) is 2.47. The zero-order chi connectivity index (χ0) is 14.4. The number of para-hydroxylation sites is 1. The molecule has 0 bridgehead atoms. The van der Waals surface area contributed by atoms with Gasteiger partial charge in [0.05, 0.1) is 5.97 Å². The first kappa shape index (κ1) is 13.9. The van der Waals surface area contributed by atoms with Gasteiger partial charge in [-0.1, -0.05) is 42.5 Å². The fourth-order valence-electron chi connectivity index (χ4n) is 1.92. The van der Waals surface area contributed by atoms with Crippen LogP contribution >= 0.6 is 0 Å². The second-order valence-corrected chi connectivity index (χ2v) is 4.38. The highest BCUT2D eigenvalue weighted by atomic mass is 16.5. The number of carboxylic acid groups (broad SMARTS) is 1. The first-order valence-electron chi connectivity index (χ1n) is 6.32. The lowest BCUT2D eigenvalue weighted by Gasteiger charge is -2.11. The van der Waals surface area contributed by atoms with E-state index in [1.807, 2.05) is 36.4 Å². The summed E-state index contributed by atoms with van der Waals surface area (Å²) in [4.78, 5) is 10.8. The van der Waals surface area contributed by atoms with E-state index in [1.54, 1.807) is 12.1 Å². The summed E-state index contributed by atoms with van der Waals surface area (Å²) >= 11 is 0. The molecule has 0 fully saturated rings. The van der Waals surface area contributed by atoms with Crippen molar-refractivity contribution in [2.45, 2.75) is 13.0 Å². The molecule has 2 rings (SSSR count). The molecule has 3 nitrogen and oxygen atoms in total. The van der Waals surface area contributed by atoms with Crippen molar-refractivity contribution in [3.63, 3.8) is 0 Å². The van der Waals surface area contributed by atoms with E-state index in [4.69, 9.17) is 4.74 Å². The molecular weight excluding hydrogens is 252 g/mol. The smallest absolute Gasteiger partial charge is 0.123 e. The number of hydrogen-bond donors (Lipinski definition) is 0. The summed E-state index contributed by atoms with van der Waals surface area (Å²) in [6.07, 6.45) is 2.55. The first-order valence-corrected chi connectivity index (χ1v) is 6.32. The molecule has 0 radical (unpaired) electrons. The molecule has 102 valence electrons. The van der Waals surface area contributed by atoms with E-state index in [2.05, 4.69) is 6.58 Å². The number of aromatic carboxylic acids is 1. The lowest BCUT2D eigenvalue weighted by Crippen LogP contribution is -2.22. The Kier molecular flexibility index (Phi) is 4.56. The van der Waals surface area contributed by atoms with Gasteiger partial charge in [0.1, 0.15) is 12.4 Å². The van der Waals surface area contributed by atoms with Gasteiger partial charge in [0.25, 0.3) is 0 Å². The number of rotatable bonds is 6. The maximum absolute atomic E-state index is 10.8. The third kappa shape index (κ3) is 3.48. The standard InChI is InChI=1S/C17H16O3/c1-2-6-14-8-3-4-10-16(14)20-12-13-7-5-9-15(11-13)17(18)19/h2-5,7-11H,1,6,12H2,(H,18,19)/p-1. The van der Waals surface area contributed by atoms with Gasteiger partial charge in [-0.15, -0.1) is 6.58 Å². The molecule has 0 unspecified atom stereocenters. The van der Waals surface area contributed by atoms with E-state index >= 15 is 0 Å². The highest BCUT2D eigenvalue weighted by Crippen LogP contribution is 2.20. The summed E-state index contributed by atoms with van der Waals surface area (Å²) in [5.74, 6) is -0.398. The highest BCUT2D eigenvalue weighted by molar-refractivity contribution is 5.85. The number of carbonyl (C=O) groups excluding carboxylic acids is 1. The Bertz CT molecular complexity index is 617. The van der Waals surface area contributed by atoms with Gasteiger partial charge < -0.3 is 14.6 Å². The van der Waals surface area contributed by atoms with Crippen molar-refractivity contribution in [1.29, 1.82) is 0 Å². The minimum Gasteiger partial charge on any atom is -0.545 e. The molecule has 3 heteroatoms. The first-order chi connectivity index (χ1) is 9.70. The normalized spacial score (nSPS) is 10.0. The molecule has 0 amide bonds. The fraction of sp³-hybridized carbons (Fsp3) is 0.118. The van der Waals surface area contributed by atoms with E-state index in [0.29, 0.717) is 6.61 Å². The maximum Gasteiger partial charge on any atom is 0.123 e. The fourth-order valence-corrected chi connectivity index (χ4v) is 1.92. The minimum absolute atomic E-state index is 0.158. The predicted octanol–water partition coefficient (Wildman–Crippen LogP) is 2.36. The maximum atomic E-state index is 10.8. The number of carbonyl (C=O) groups is 1. The van der Waals surface area contributed by atoms with Gasteiger partial charge >= 0.3 is 0 Å². The predicted molar refractivity (Wildman–Crippen MR) is 75.4 cm³/mol. The van der Waals surface area contributed by atoms with Gasteiger partial charge in [-0.25, -0.2) is 0 Å². The van der Waals surface area contributed by atoms with Gasteiger partial charge in [-0.05, 0) is 35.2 Å². The molecule has 2 aromatic rings. The molecule has 20 heavy (non-hydrogen) atoms. The summed E-state index contributed by atoms with van der Waals surface area (Å²) in [6, 6.07) is 14.3. The van der Waals surface area contributed by atoms with Crippen LogP contribution in [-0.2, 0) is 13.0 Å². The summed E-state index contributed by atoms with van der Waals surface area (Å²) in [5, 5.41) is 10.8. The summed E-state index contributed by atoms with van der Waals surface area (Å²) < 4.78 is 5.75. The van der Waals surface area contributed by atoms with Crippen molar-refractivity contribution < 1.29 is 14.6 Å². The molecule has 0 N–H and O–H groups in total. The second kappa shape index (κ2) is 6.57. The second-order valence-electron chi connectivity index (χ2n) is 4.38. The van der Waals surface area contributed by atoms with Crippen molar-refractivity contribution in [1.82, 2.24) is 0 Å². The molecule has 0 saturated carbocycles. The van der Waals surface area contributed by atoms with Crippen LogP contribution < -0.4 is 9.84 Å². The van der Waals surface area contributed by atoms with E-state index < -0.39 is 5.97 Å². The monoisotopic (exact) mass is 267 g/mol. The number of allylic oxidation sites excluding steroid dienone is 1. The number of carboxylic acids is 1. The third-order valence-corrected chi connectivity index (χ3v) is 2.89. The Morgan fingerprint density at radius 1 is 1.20 bits per heavy atom. The van der Waals surface area contributed by atoms with Crippen LogP contribution in [0, 0.1) is 0 Å². The Morgan fingerprint density at radius 3 is 2.75 bits per heavy atom. The van der Waals surface area contributed by atoms with E-state index in [0.717, 1.165) is 23.3 Å². The van der Waals surface area contributed by atoms with Crippen molar-refractivity contribution in [2.75, 3.05) is 0 Å². The zero-order valence-electron chi connectivity index (χ0n) is 11.0. The quantitative estimate of drug-likeness (QED) is 0.755. The molecular formula is C17H15O3-. The molecule has 0 atom stereocenters. The average molecular weight is 267 g/mol. The van der Waals surface area contributed by atoms with Crippen LogP contribution in [-0.4, -0.2) is 5.97 Å². The van der Waals surface area contributed by atoms with Gasteiger partial charge in [0.15, 0.2) is 0 Å². The Labute approximate surface area is 118 Å². The van der Waals surface area contributed by atoms with Gasteiger partial charge in [-0.3, -0.25) is 0 Å². The van der Waals surface area contributed by atoms with Gasteiger partial charge in [0.2, 0.25) is 0 Å². The molecule has 0 aliphatic rings. The van der Waals surface area contributed by atoms with Crippen LogP contribution in [0.3, 0.4) is 0 Å². The van der Waals surface area contributed by atoms with Crippen LogP contribution in [0.2, 0.25) is 0 Å². The minimum atomic E-state index is -1.18. The SMILES string of the molecule is C=CCc1ccccc1OCc1cccc(C(=O)[O-])c1. The van der Waals surface area contributed by atoms with Crippen LogP contribution in [0.1, 0.15) is 21.5 Å². The Morgan fingerprint density at radius 2 is 2.00 bits per heavy atom. The van der Waals surface area contributed by atoms with E-state index in [9.17, 15) is 9.90 Å². The molecule has 0 aliphatic carbocycles. The van der Waals surface area contributed by atoms with Gasteiger partial charge in [0, 0.05) is 0 Å². The number of hydrogen-bond acceptors (Lipinski definition) is 3. The number of ether oxygens (including phenoxy) is 1. The molecule has 0 aliphatic heterocycles. The van der Waals surface area contributed by atoms with E-state index in [-0.39, 0.29) is 5.56 Å². The lowest BCUT2D eigenvalue weighted by molar-refractivity contribution is -0.255. The zero-order valence-corrected chi connectivity index (χ0v) is 11.0. The van der Waals surface area contributed by atoms with Crippen LogP contribution in [0.4, 0.5) is 0 Å². The lowest BCUT2D eigenvalue weighted by atomic mass is 10.1. The van der Waals surface area contributed by atoms with Crippen molar-refractivity contribution in [3.05, 3.63) is 77.9 Å². The van der Waals surface area contributed by atoms with Crippen LogP contribution in [0.15, 0.2) is 61.2 Å². The largest absolute Gasteiger partial charge is 0.545 e. The van der Waals surface area contributed by atoms with Crippen molar-refractivity contribution in [3.8, 4) is 5.75 Å². The van der Waals surface area contributed by atoms with Crippen molar-refractivity contribution >= 4 is 5.97 Å². The van der Waals surface area contributed by atoms with E-state index in [1.165, 1.54) is 6.07 Å². The number of benzene rings is 2.